The summed E-state index contributed by atoms with van der Waals surface area (Å²) >= 11 is 11.8. The fourth-order valence-electron chi connectivity index (χ4n) is 3.28. The van der Waals surface area contributed by atoms with Crippen molar-refractivity contribution in [3.63, 3.8) is 0 Å². The van der Waals surface area contributed by atoms with Crippen molar-refractivity contribution in [1.29, 1.82) is 0 Å². The van der Waals surface area contributed by atoms with E-state index in [1.807, 2.05) is 82.0 Å². The summed E-state index contributed by atoms with van der Waals surface area (Å²) in [5.41, 5.74) is 0.00337. The number of ether oxygens (including phenoxy) is 3. The molecule has 1 aliphatic rings. The maximum absolute atomic E-state index is 13.1. The van der Waals surface area contributed by atoms with Gasteiger partial charge in [-0.1, -0.05) is 35.9 Å². The minimum Gasteiger partial charge on any atom is -0.497 e. The first-order valence-corrected chi connectivity index (χ1v) is 12.4. The van der Waals surface area contributed by atoms with Crippen LogP contribution in [-0.2, 0) is 16.1 Å². The van der Waals surface area contributed by atoms with Gasteiger partial charge in [0.2, 0.25) is 0 Å². The maximum atomic E-state index is 13.1. The van der Waals surface area contributed by atoms with Gasteiger partial charge in [-0.25, -0.2) is 0 Å². The van der Waals surface area contributed by atoms with Crippen molar-refractivity contribution in [3.05, 3.63) is 53.1 Å². The van der Waals surface area contributed by atoms with Gasteiger partial charge in [-0.3, -0.25) is 4.79 Å². The van der Waals surface area contributed by atoms with Crippen LogP contribution >= 0.6 is 36.0 Å². The Balaban J connectivity index is 2.19. The first-order chi connectivity index (χ1) is 15.0. The topological polar surface area (TPSA) is 48.0 Å². The molecular weight excluding hydrogens is 466 g/mol. The van der Waals surface area contributed by atoms with Crippen molar-refractivity contribution < 1.29 is 19.0 Å². The Kier molecular flexibility index (Phi) is 10.0. The van der Waals surface area contributed by atoms with E-state index < -0.39 is 15.9 Å². The Morgan fingerprint density at radius 2 is 1.97 bits per heavy atom. The highest BCUT2D eigenvalue weighted by Crippen LogP contribution is 2.36. The monoisotopic (exact) mass is 499 g/mol. The molecule has 1 aromatic carbocycles. The molecule has 0 aromatic heterocycles. The smallest absolute Gasteiger partial charge is 0.285 e. The number of thiol groups is 1. The Bertz CT molecular complexity index is 822. The summed E-state index contributed by atoms with van der Waals surface area (Å²) in [4.78, 5) is 14.9. The van der Waals surface area contributed by atoms with Crippen molar-refractivity contribution >= 4 is 41.2 Å². The van der Waals surface area contributed by atoms with Crippen LogP contribution in [0, 0.1) is 5.92 Å². The molecule has 1 amide bonds. The van der Waals surface area contributed by atoms with Gasteiger partial charge in [-0.2, -0.15) is 0 Å². The zero-order valence-corrected chi connectivity index (χ0v) is 22.1. The summed E-state index contributed by atoms with van der Waals surface area (Å²) in [6.45, 7) is 11.3. The number of hydrogen-bond acceptors (Lipinski definition) is 6. The van der Waals surface area contributed by atoms with Gasteiger partial charge >= 0.3 is 0 Å². The SMILES string of the molecule is CCOC(S)SC(=O)N(CC1C=C(Cl)C=CC1(C)OCc1ccc(OC)cc1)C(C)(C)C. The van der Waals surface area contributed by atoms with E-state index in [2.05, 4.69) is 12.6 Å². The second-order valence-electron chi connectivity index (χ2n) is 8.74. The molecule has 178 valence electrons. The van der Waals surface area contributed by atoms with E-state index in [1.165, 1.54) is 0 Å². The molecular formula is C24H34ClNO4S2. The number of carbonyl (C=O) groups is 1. The van der Waals surface area contributed by atoms with Crippen LogP contribution in [0.25, 0.3) is 0 Å². The summed E-state index contributed by atoms with van der Waals surface area (Å²) in [5, 5.41) is 0.540. The second-order valence-corrected chi connectivity index (χ2v) is 11.0. The molecule has 0 N–H and O–H groups in total. The summed E-state index contributed by atoms with van der Waals surface area (Å²) < 4.78 is 16.5. The van der Waals surface area contributed by atoms with Gasteiger partial charge in [0.1, 0.15) is 5.75 Å². The third-order valence-corrected chi connectivity index (χ3v) is 6.78. The Morgan fingerprint density at radius 1 is 1.31 bits per heavy atom. The predicted molar refractivity (Wildman–Crippen MR) is 137 cm³/mol. The Morgan fingerprint density at radius 3 is 2.53 bits per heavy atom. The summed E-state index contributed by atoms with van der Waals surface area (Å²) in [5.74, 6) is 0.670. The highest BCUT2D eigenvalue weighted by molar-refractivity contribution is 8.20. The van der Waals surface area contributed by atoms with Gasteiger partial charge in [0, 0.05) is 29.6 Å². The van der Waals surface area contributed by atoms with Crippen LogP contribution in [0.1, 0.15) is 40.2 Å². The number of methoxy groups -OCH3 is 1. The molecule has 3 unspecified atom stereocenters. The average molecular weight is 500 g/mol. The van der Waals surface area contributed by atoms with Crippen LogP contribution < -0.4 is 4.74 Å². The van der Waals surface area contributed by atoms with E-state index in [9.17, 15) is 4.79 Å². The number of carbonyl (C=O) groups excluding carboxylic acids is 1. The molecule has 1 aliphatic carbocycles. The Hall–Kier alpha value is -1.12. The van der Waals surface area contributed by atoms with Crippen molar-refractivity contribution in [2.45, 2.75) is 57.1 Å². The van der Waals surface area contributed by atoms with Crippen LogP contribution in [0.2, 0.25) is 0 Å². The van der Waals surface area contributed by atoms with Gasteiger partial charge in [0.25, 0.3) is 5.24 Å². The van der Waals surface area contributed by atoms with E-state index in [-0.39, 0.29) is 11.2 Å². The lowest BCUT2D eigenvalue weighted by molar-refractivity contribution is -0.0448. The minimum absolute atomic E-state index is 0.0949. The molecule has 0 heterocycles. The van der Waals surface area contributed by atoms with Gasteiger partial charge in [0.05, 0.1) is 19.3 Å². The fraction of sp³-hybridized carbons (Fsp3) is 0.542. The van der Waals surface area contributed by atoms with Crippen molar-refractivity contribution in [2.75, 3.05) is 20.3 Å². The van der Waals surface area contributed by atoms with E-state index in [4.69, 9.17) is 25.8 Å². The number of halogens is 1. The lowest BCUT2D eigenvalue weighted by atomic mass is 9.83. The van der Waals surface area contributed by atoms with Crippen molar-refractivity contribution in [2.24, 2.45) is 5.92 Å². The van der Waals surface area contributed by atoms with E-state index >= 15 is 0 Å². The lowest BCUT2D eigenvalue weighted by Gasteiger charge is -2.43. The third-order valence-electron chi connectivity index (χ3n) is 5.30. The lowest BCUT2D eigenvalue weighted by Crippen LogP contribution is -2.51. The molecule has 0 saturated carbocycles. The number of amides is 1. The number of rotatable bonds is 9. The third kappa shape index (κ3) is 7.73. The van der Waals surface area contributed by atoms with Gasteiger partial charge in [0.15, 0.2) is 4.77 Å². The quantitative estimate of drug-likeness (QED) is 0.311. The van der Waals surface area contributed by atoms with Crippen LogP contribution in [-0.4, -0.2) is 46.3 Å². The number of allylic oxidation sites excluding steroid dienone is 2. The molecule has 3 atom stereocenters. The molecule has 5 nitrogen and oxygen atoms in total. The number of thioether (sulfide) groups is 1. The molecule has 0 fully saturated rings. The van der Waals surface area contributed by atoms with Gasteiger partial charge in [-0.05, 0) is 70.2 Å². The highest BCUT2D eigenvalue weighted by Gasteiger charge is 2.39. The molecule has 0 radical (unpaired) electrons. The second kappa shape index (κ2) is 11.8. The molecule has 1 aromatic rings. The highest BCUT2D eigenvalue weighted by atomic mass is 35.5. The van der Waals surface area contributed by atoms with E-state index in [1.54, 1.807) is 7.11 Å². The molecule has 0 spiro atoms. The normalized spacial score (nSPS) is 21.8. The number of nitrogens with zero attached hydrogens (tertiary/aromatic N) is 1. The van der Waals surface area contributed by atoms with Crippen molar-refractivity contribution in [3.8, 4) is 5.75 Å². The van der Waals surface area contributed by atoms with Crippen LogP contribution in [0.4, 0.5) is 4.79 Å². The van der Waals surface area contributed by atoms with Crippen LogP contribution in [0.5, 0.6) is 5.75 Å². The molecule has 0 saturated heterocycles. The molecule has 8 heteroatoms. The standard InChI is InChI=1S/C24H34ClNO4S2/c1-7-29-22(31)32-21(27)26(23(2,3)4)15-18-14-19(25)12-13-24(18,5)30-16-17-8-10-20(28-6)11-9-17/h8-14,18,22,31H,7,15-16H2,1-6H3. The molecule has 0 bridgehead atoms. The Labute approximate surface area is 206 Å². The first kappa shape index (κ1) is 27.1. The van der Waals surface area contributed by atoms with Crippen molar-refractivity contribution in [1.82, 2.24) is 4.90 Å². The molecule has 32 heavy (non-hydrogen) atoms. The summed E-state index contributed by atoms with van der Waals surface area (Å²) in [6, 6.07) is 7.79. The summed E-state index contributed by atoms with van der Waals surface area (Å²) in [6.07, 6.45) is 5.79. The largest absolute Gasteiger partial charge is 0.497 e. The number of hydrogen-bond donors (Lipinski definition) is 1. The molecule has 0 aliphatic heterocycles. The number of benzene rings is 1. The average Bonchev–Trinajstić information content (AvgIpc) is 2.72. The van der Waals surface area contributed by atoms with E-state index in [0.717, 1.165) is 23.1 Å². The minimum atomic E-state index is -0.632. The van der Waals surface area contributed by atoms with Crippen LogP contribution in [0.15, 0.2) is 47.5 Å². The van der Waals surface area contributed by atoms with Gasteiger partial charge in [-0.15, -0.1) is 12.6 Å². The fourth-order valence-corrected chi connectivity index (χ4v) is 4.76. The molecule has 2 rings (SSSR count). The van der Waals surface area contributed by atoms with E-state index in [0.29, 0.717) is 24.8 Å². The van der Waals surface area contributed by atoms with Gasteiger partial charge < -0.3 is 19.1 Å². The first-order valence-electron chi connectivity index (χ1n) is 10.6. The zero-order valence-electron chi connectivity index (χ0n) is 19.6. The zero-order chi connectivity index (χ0) is 23.9. The summed E-state index contributed by atoms with van der Waals surface area (Å²) in [7, 11) is 1.64. The predicted octanol–water partition coefficient (Wildman–Crippen LogP) is 6.48. The maximum Gasteiger partial charge on any atom is 0.285 e. The van der Waals surface area contributed by atoms with Crippen LogP contribution in [0.3, 0.4) is 0 Å².